The van der Waals surface area contributed by atoms with E-state index in [1.165, 1.54) is 52.0 Å². The van der Waals surface area contributed by atoms with E-state index in [2.05, 4.69) is 5.32 Å². The smallest absolute Gasteiger partial charge is 0.408 e. The molecule has 2 aromatic carbocycles. The summed E-state index contributed by atoms with van der Waals surface area (Å²) in [5, 5.41) is 81.6. The molecule has 7 rings (SSSR count). The van der Waals surface area contributed by atoms with Crippen LogP contribution < -0.4 is 5.32 Å². The van der Waals surface area contributed by atoms with Crippen LogP contribution in [-0.4, -0.2) is 175 Å². The maximum atomic E-state index is 16.0. The number of ketones is 1. The molecule has 73 heavy (non-hydrogen) atoms. The molecule has 1 amide bonds. The number of nitrogens with one attached hydrogen (secondary N) is 1. The predicted molar refractivity (Wildman–Crippen MR) is 247 cm³/mol. The first kappa shape index (κ1) is 55.4. The first-order chi connectivity index (χ1) is 34.1. The Morgan fingerprint density at radius 1 is 0.890 bits per heavy atom. The van der Waals surface area contributed by atoms with E-state index < -0.39 is 169 Å². The van der Waals surface area contributed by atoms with Gasteiger partial charge < -0.3 is 79.0 Å². The number of aliphatic hydroxyl groups excluding tert-OH is 6. The summed E-state index contributed by atoms with van der Waals surface area (Å²) < 4.78 is 46.8. The van der Waals surface area contributed by atoms with Crippen molar-refractivity contribution in [1.29, 1.82) is 0 Å². The van der Waals surface area contributed by atoms with Crippen molar-refractivity contribution in [3.05, 3.63) is 82.9 Å². The second kappa shape index (κ2) is 20.7. The summed E-state index contributed by atoms with van der Waals surface area (Å²) in [5.74, 6) is -7.39. The van der Waals surface area contributed by atoms with Gasteiger partial charge in [-0.25, -0.2) is 19.2 Å². The quantitative estimate of drug-likeness (QED) is 0.0775. The van der Waals surface area contributed by atoms with Gasteiger partial charge in [-0.05, 0) is 63.5 Å². The van der Waals surface area contributed by atoms with Crippen molar-refractivity contribution in [2.75, 3.05) is 19.8 Å². The van der Waals surface area contributed by atoms with Crippen LogP contribution in [0.5, 0.6) is 0 Å². The van der Waals surface area contributed by atoms with Crippen molar-refractivity contribution >= 4 is 35.8 Å². The van der Waals surface area contributed by atoms with Crippen molar-refractivity contribution in [1.82, 2.24) is 5.32 Å². The van der Waals surface area contributed by atoms with Gasteiger partial charge in [-0.15, -0.1) is 0 Å². The molecule has 0 aromatic heterocycles. The molecule has 2 bridgehead atoms. The average molecular weight is 1030 g/mol. The molecule has 2 heterocycles. The molecule has 0 spiro atoms. The molecule has 0 radical (unpaired) electrons. The summed E-state index contributed by atoms with van der Waals surface area (Å²) in [5.41, 5.74) is -9.64. The number of esters is 4. The summed E-state index contributed by atoms with van der Waals surface area (Å²) in [4.78, 5) is 85.4. The maximum absolute atomic E-state index is 16.0. The first-order valence-corrected chi connectivity index (χ1v) is 23.9. The largest absolute Gasteiger partial charge is 0.456 e. The lowest BCUT2D eigenvalue weighted by molar-refractivity contribution is -0.346. The number of hydrogen-bond acceptors (Lipinski definition) is 21. The molecule has 0 unspecified atom stereocenters. The van der Waals surface area contributed by atoms with Crippen LogP contribution >= 0.6 is 0 Å². The monoisotopic (exact) mass is 1030 g/mol. The third-order valence-electron chi connectivity index (χ3n) is 15.0. The Kier molecular flexibility index (Phi) is 15.7. The minimum Gasteiger partial charge on any atom is -0.456 e. The third kappa shape index (κ3) is 10.1. The van der Waals surface area contributed by atoms with E-state index in [1.54, 1.807) is 57.2 Å². The highest BCUT2D eigenvalue weighted by atomic mass is 16.7. The van der Waals surface area contributed by atoms with E-state index in [-0.39, 0.29) is 28.7 Å². The van der Waals surface area contributed by atoms with Gasteiger partial charge >= 0.3 is 30.0 Å². The summed E-state index contributed by atoms with van der Waals surface area (Å²) >= 11 is 0. The van der Waals surface area contributed by atoms with Crippen LogP contribution in [0.25, 0.3) is 0 Å². The van der Waals surface area contributed by atoms with Gasteiger partial charge in [0.2, 0.25) is 0 Å². The number of aliphatic hydroxyl groups is 7. The summed E-state index contributed by atoms with van der Waals surface area (Å²) in [6.07, 6.45) is -21.8. The van der Waals surface area contributed by atoms with Crippen molar-refractivity contribution in [3.63, 3.8) is 0 Å². The van der Waals surface area contributed by atoms with E-state index in [4.69, 9.17) is 37.9 Å². The minimum atomic E-state index is -2.58. The third-order valence-corrected chi connectivity index (χ3v) is 15.0. The van der Waals surface area contributed by atoms with E-state index in [9.17, 15) is 59.7 Å². The molecule has 5 aliphatic rings. The molecule has 22 heteroatoms. The van der Waals surface area contributed by atoms with Crippen LogP contribution in [0.4, 0.5) is 4.79 Å². The molecular weight excluding hydrogens is 963 g/mol. The summed E-state index contributed by atoms with van der Waals surface area (Å²) in [6.45, 7) is 9.15. The van der Waals surface area contributed by atoms with E-state index in [0.717, 1.165) is 6.92 Å². The molecule has 3 aliphatic carbocycles. The fraction of sp³-hybridized carbons (Fsp3) is 0.608. The van der Waals surface area contributed by atoms with E-state index in [1.807, 2.05) is 0 Å². The van der Waals surface area contributed by atoms with E-state index >= 15 is 4.79 Å². The van der Waals surface area contributed by atoms with Crippen molar-refractivity contribution in [2.24, 2.45) is 16.7 Å². The van der Waals surface area contributed by atoms with Crippen molar-refractivity contribution < 1.29 is 102 Å². The van der Waals surface area contributed by atoms with Gasteiger partial charge in [0.05, 0.1) is 42.3 Å². The van der Waals surface area contributed by atoms with Gasteiger partial charge in [0.25, 0.3) is 0 Å². The number of carbonyl (C=O) groups excluding carboxylic acids is 6. The van der Waals surface area contributed by atoms with Crippen molar-refractivity contribution in [3.8, 4) is 0 Å². The topological polar surface area (TPSA) is 330 Å². The lowest BCUT2D eigenvalue weighted by atomic mass is 9.44. The van der Waals surface area contributed by atoms with Crippen LogP contribution in [0.2, 0.25) is 0 Å². The Labute approximate surface area is 420 Å². The van der Waals surface area contributed by atoms with Gasteiger partial charge in [-0.2, -0.15) is 0 Å². The Morgan fingerprint density at radius 3 is 2.10 bits per heavy atom. The lowest BCUT2D eigenvalue weighted by Gasteiger charge is -2.67. The summed E-state index contributed by atoms with van der Waals surface area (Å²) in [7, 11) is 0. The molecule has 4 fully saturated rings. The normalized spacial score (nSPS) is 35.5. The molecule has 2 aliphatic heterocycles. The molecule has 400 valence electrons. The Morgan fingerprint density at radius 2 is 1.52 bits per heavy atom. The van der Waals surface area contributed by atoms with Gasteiger partial charge in [0.15, 0.2) is 29.9 Å². The SMILES string of the molecule is CC(=O)O[C@@]12CO[C@@H]1C[C@H](O)[C@@]1(C)C(=O)[C@H](OC(=O)CO[C@@H]3O[C@@H](CO)[C@H](O)[C@@H](O)[C@H]3O)C3=C(C)[C@@H](OC(=O)[C@H](O)[C@@H](NC(=O)OC(C)(C)C)c4ccccc4)C[C@@](O)([C@@H](OC(=O)c4ccccc4)[C@H]21)C3(C)C. The number of rotatable bonds is 13. The Bertz CT molecular complexity index is 2440. The van der Waals surface area contributed by atoms with Gasteiger partial charge in [-0.1, -0.05) is 62.4 Å². The van der Waals surface area contributed by atoms with Gasteiger partial charge in [0, 0.05) is 25.2 Å². The molecule has 16 atom stereocenters. The van der Waals surface area contributed by atoms with E-state index in [0.29, 0.717) is 0 Å². The Hall–Kier alpha value is -5.40. The number of benzene rings is 2. The predicted octanol–water partition coefficient (Wildman–Crippen LogP) is 0.627. The highest BCUT2D eigenvalue weighted by molar-refractivity contribution is 5.96. The number of amides is 1. The standard InChI is InChI=1S/C51H65NO21/c1-24-28(68-44(63)36(58)34(26-15-11-9-12-16-26)52-46(64)73-47(3,4)5)20-51(65)42(71-43(62)27-17-13-10-14-18-27)40-49(8,30(55)19-31-50(40,23-67-31)72-25(2)54)41(61)39(33(24)48(51,6)7)70-32(56)22-66-45-38(60)37(59)35(57)29(21-53)69-45/h9-18,28-31,34-40,42,45,53,55,57-60,65H,19-23H2,1-8H3,(H,52,64)/t28-,29-,30-,31+,34-,35-,36+,37+,38+,39+,40-,42-,45+,49+,50-,51+/m0/s1. The van der Waals surface area contributed by atoms with Crippen LogP contribution in [0.3, 0.4) is 0 Å². The fourth-order valence-corrected chi connectivity index (χ4v) is 11.2. The number of alkyl carbamates (subject to hydrolysis) is 1. The number of carbonyl (C=O) groups is 6. The fourth-order valence-electron chi connectivity index (χ4n) is 11.2. The molecule has 2 aromatic rings. The number of fused-ring (bicyclic) bond motifs is 5. The van der Waals surface area contributed by atoms with Crippen LogP contribution in [-0.2, 0) is 57.1 Å². The number of Topliss-reactive ketones (excluding diaryl/α,β-unsaturated/α-hetero) is 1. The van der Waals surface area contributed by atoms with Crippen molar-refractivity contribution in [2.45, 2.75) is 158 Å². The maximum Gasteiger partial charge on any atom is 0.408 e. The van der Waals surface area contributed by atoms with Gasteiger partial charge in [0.1, 0.15) is 60.5 Å². The van der Waals surface area contributed by atoms with Gasteiger partial charge in [-0.3, -0.25) is 9.59 Å². The number of hydrogen-bond donors (Lipinski definition) is 8. The summed E-state index contributed by atoms with van der Waals surface area (Å²) in [6, 6.07) is 14.0. The minimum absolute atomic E-state index is 0.00683. The molecule has 22 nitrogen and oxygen atoms in total. The molecule has 2 saturated carbocycles. The zero-order valence-corrected chi connectivity index (χ0v) is 41.7. The second-order valence-corrected chi connectivity index (χ2v) is 21.0. The van der Waals surface area contributed by atoms with Crippen LogP contribution in [0.1, 0.15) is 90.2 Å². The highest BCUT2D eigenvalue weighted by Gasteiger charge is 2.78. The van der Waals surface area contributed by atoms with Crippen LogP contribution in [0, 0.1) is 16.7 Å². The molecule has 2 saturated heterocycles. The molecule has 8 N–H and O–H groups in total. The zero-order valence-electron chi connectivity index (χ0n) is 41.7. The molecular formula is C51H65NO21. The average Bonchev–Trinajstić information content (AvgIpc) is 3.32. The lowest BCUT2D eigenvalue weighted by Crippen LogP contribution is -2.82. The zero-order chi connectivity index (χ0) is 53.7. The first-order valence-electron chi connectivity index (χ1n) is 23.9. The Balaban J connectivity index is 1.38. The second-order valence-electron chi connectivity index (χ2n) is 21.0. The van der Waals surface area contributed by atoms with Crippen LogP contribution in [0.15, 0.2) is 71.8 Å². The highest BCUT2D eigenvalue weighted by Crippen LogP contribution is 2.64. The number of ether oxygens (including phenoxy) is 8.